The predicted molar refractivity (Wildman–Crippen MR) is 95.4 cm³/mol. The number of para-hydroxylation sites is 1. The van der Waals surface area contributed by atoms with Crippen molar-refractivity contribution in [3.8, 4) is 0 Å². The summed E-state index contributed by atoms with van der Waals surface area (Å²) >= 11 is 0. The maximum atomic E-state index is 11.9. The minimum Gasteiger partial charge on any atom is -0.353 e. The minimum absolute atomic E-state index is 0.334. The molecule has 0 spiro atoms. The molecule has 0 aliphatic carbocycles. The molecular formula is C17H22N6O. The molecule has 1 aliphatic rings. The normalized spacial score (nSPS) is 15.1. The predicted octanol–water partition coefficient (Wildman–Crippen LogP) is 2.26. The van der Waals surface area contributed by atoms with Gasteiger partial charge in [-0.1, -0.05) is 25.1 Å². The molecule has 0 unspecified atom stereocenters. The molecule has 1 aromatic carbocycles. The van der Waals surface area contributed by atoms with E-state index in [0.717, 1.165) is 44.2 Å². The van der Waals surface area contributed by atoms with Crippen LogP contribution in [0.3, 0.4) is 0 Å². The maximum absolute atomic E-state index is 11.9. The highest BCUT2D eigenvalue weighted by Crippen LogP contribution is 2.14. The van der Waals surface area contributed by atoms with Crippen LogP contribution in [0.5, 0.6) is 0 Å². The highest BCUT2D eigenvalue weighted by Gasteiger charge is 2.17. The molecule has 0 atom stereocenters. The number of nitrogens with zero attached hydrogens (tertiary/aromatic N) is 4. The highest BCUT2D eigenvalue weighted by molar-refractivity contribution is 5.99. The van der Waals surface area contributed by atoms with Crippen LogP contribution in [-0.4, -0.2) is 53.9 Å². The van der Waals surface area contributed by atoms with Crippen LogP contribution < -0.4 is 15.5 Å². The van der Waals surface area contributed by atoms with Crippen molar-refractivity contribution in [1.82, 2.24) is 15.1 Å². The van der Waals surface area contributed by atoms with Crippen LogP contribution in [0.15, 0.2) is 42.5 Å². The van der Waals surface area contributed by atoms with E-state index in [4.69, 9.17) is 0 Å². The summed E-state index contributed by atoms with van der Waals surface area (Å²) in [6.07, 6.45) is 0. The molecule has 1 aliphatic heterocycles. The van der Waals surface area contributed by atoms with Crippen molar-refractivity contribution in [2.24, 2.45) is 0 Å². The molecule has 126 valence electrons. The first-order chi connectivity index (χ1) is 11.7. The van der Waals surface area contributed by atoms with Crippen molar-refractivity contribution in [2.45, 2.75) is 6.92 Å². The monoisotopic (exact) mass is 326 g/mol. The first kappa shape index (κ1) is 16.2. The van der Waals surface area contributed by atoms with Gasteiger partial charge in [0.25, 0.3) is 0 Å². The Labute approximate surface area is 141 Å². The largest absolute Gasteiger partial charge is 0.353 e. The second-order valence-electron chi connectivity index (χ2n) is 5.64. The number of hydrogen-bond donors (Lipinski definition) is 2. The minimum atomic E-state index is -0.334. The van der Waals surface area contributed by atoms with Gasteiger partial charge in [-0.15, -0.1) is 10.2 Å². The van der Waals surface area contributed by atoms with E-state index in [1.165, 1.54) is 0 Å². The fraction of sp³-hybridized carbons (Fsp3) is 0.353. The fourth-order valence-corrected chi connectivity index (χ4v) is 2.65. The molecular weight excluding hydrogens is 304 g/mol. The number of anilines is 3. The van der Waals surface area contributed by atoms with Crippen molar-refractivity contribution in [3.63, 3.8) is 0 Å². The number of likely N-dealkylation sites (N-methyl/N-ethyl adjacent to an activating group) is 1. The van der Waals surface area contributed by atoms with Crippen LogP contribution in [0, 0.1) is 0 Å². The lowest BCUT2D eigenvalue weighted by Gasteiger charge is -2.34. The Morgan fingerprint density at radius 1 is 1.00 bits per heavy atom. The fourth-order valence-electron chi connectivity index (χ4n) is 2.65. The van der Waals surface area contributed by atoms with E-state index in [-0.39, 0.29) is 6.03 Å². The zero-order valence-corrected chi connectivity index (χ0v) is 13.8. The zero-order chi connectivity index (χ0) is 16.8. The van der Waals surface area contributed by atoms with E-state index in [1.54, 1.807) is 6.07 Å². The molecule has 1 fully saturated rings. The van der Waals surface area contributed by atoms with E-state index >= 15 is 0 Å². The van der Waals surface area contributed by atoms with Crippen molar-refractivity contribution in [3.05, 3.63) is 42.5 Å². The van der Waals surface area contributed by atoms with Crippen LogP contribution in [-0.2, 0) is 0 Å². The SMILES string of the molecule is CCN1CCN(c2ccc(NC(=O)Nc3ccccc3)nn2)CC1. The third-order valence-electron chi connectivity index (χ3n) is 4.07. The average Bonchev–Trinajstić information content (AvgIpc) is 2.63. The highest BCUT2D eigenvalue weighted by atomic mass is 16.2. The number of rotatable bonds is 4. The number of nitrogens with one attached hydrogen (secondary N) is 2. The molecule has 24 heavy (non-hydrogen) atoms. The zero-order valence-electron chi connectivity index (χ0n) is 13.8. The Hall–Kier alpha value is -2.67. The molecule has 0 radical (unpaired) electrons. The molecule has 7 heteroatoms. The maximum Gasteiger partial charge on any atom is 0.324 e. The standard InChI is InChI=1S/C17H22N6O/c1-2-22-10-12-23(13-11-22)16-9-8-15(20-21-16)19-17(24)18-14-6-4-3-5-7-14/h3-9H,2,10-13H2,1H3,(H2,18,19,20,24). The number of aromatic nitrogens is 2. The van der Waals surface area contributed by atoms with E-state index in [1.807, 2.05) is 36.4 Å². The number of piperazine rings is 1. The molecule has 2 N–H and O–H groups in total. The molecule has 0 saturated carbocycles. The smallest absolute Gasteiger partial charge is 0.324 e. The van der Waals surface area contributed by atoms with E-state index in [0.29, 0.717) is 5.82 Å². The van der Waals surface area contributed by atoms with Gasteiger partial charge in [-0.2, -0.15) is 0 Å². The number of urea groups is 1. The Balaban J connectivity index is 1.54. The van der Waals surface area contributed by atoms with Crippen LogP contribution >= 0.6 is 0 Å². The summed E-state index contributed by atoms with van der Waals surface area (Å²) in [7, 11) is 0. The number of hydrogen-bond acceptors (Lipinski definition) is 5. The number of carbonyl (C=O) groups is 1. The van der Waals surface area contributed by atoms with Crippen LogP contribution in [0.25, 0.3) is 0 Å². The average molecular weight is 326 g/mol. The van der Waals surface area contributed by atoms with E-state index in [9.17, 15) is 4.79 Å². The van der Waals surface area contributed by atoms with Gasteiger partial charge >= 0.3 is 6.03 Å². The van der Waals surface area contributed by atoms with Crippen molar-refractivity contribution < 1.29 is 4.79 Å². The Bertz CT molecular complexity index is 653. The lowest BCUT2D eigenvalue weighted by Crippen LogP contribution is -2.46. The van der Waals surface area contributed by atoms with Gasteiger partial charge in [0.2, 0.25) is 0 Å². The third kappa shape index (κ3) is 4.20. The molecule has 2 heterocycles. The van der Waals surface area contributed by atoms with Crippen molar-refractivity contribution in [1.29, 1.82) is 0 Å². The van der Waals surface area contributed by atoms with Crippen molar-refractivity contribution >= 4 is 23.4 Å². The molecule has 0 bridgehead atoms. The lowest BCUT2D eigenvalue weighted by molar-refractivity contribution is 0.262. The summed E-state index contributed by atoms with van der Waals surface area (Å²) in [5, 5.41) is 13.8. The summed E-state index contributed by atoms with van der Waals surface area (Å²) < 4.78 is 0. The third-order valence-corrected chi connectivity index (χ3v) is 4.07. The van der Waals surface area contributed by atoms with Gasteiger partial charge in [0.15, 0.2) is 11.6 Å². The Morgan fingerprint density at radius 2 is 1.75 bits per heavy atom. The van der Waals surface area contributed by atoms with Gasteiger partial charge < -0.3 is 15.1 Å². The van der Waals surface area contributed by atoms with Gasteiger partial charge in [-0.25, -0.2) is 4.79 Å². The van der Waals surface area contributed by atoms with E-state index < -0.39 is 0 Å². The summed E-state index contributed by atoms with van der Waals surface area (Å²) in [6, 6.07) is 12.6. The van der Waals surface area contributed by atoms with Crippen LogP contribution in [0.4, 0.5) is 22.1 Å². The molecule has 2 aromatic rings. The van der Waals surface area contributed by atoms with Gasteiger partial charge in [0.1, 0.15) is 0 Å². The lowest BCUT2D eigenvalue weighted by atomic mass is 10.3. The number of carbonyl (C=O) groups excluding carboxylic acids is 1. The molecule has 1 aromatic heterocycles. The van der Waals surface area contributed by atoms with E-state index in [2.05, 4.69) is 37.6 Å². The topological polar surface area (TPSA) is 73.4 Å². The summed E-state index contributed by atoms with van der Waals surface area (Å²) in [5.74, 6) is 1.28. The first-order valence-electron chi connectivity index (χ1n) is 8.18. The van der Waals surface area contributed by atoms with Gasteiger partial charge in [0, 0.05) is 31.9 Å². The van der Waals surface area contributed by atoms with Gasteiger partial charge in [0.05, 0.1) is 0 Å². The second-order valence-corrected chi connectivity index (χ2v) is 5.64. The summed E-state index contributed by atoms with van der Waals surface area (Å²) in [4.78, 5) is 16.6. The van der Waals surface area contributed by atoms with Gasteiger partial charge in [-0.05, 0) is 30.8 Å². The molecule has 2 amide bonds. The van der Waals surface area contributed by atoms with Gasteiger partial charge in [-0.3, -0.25) is 5.32 Å². The number of amides is 2. The first-order valence-corrected chi connectivity index (χ1v) is 8.18. The Kier molecular flexibility index (Phi) is 5.22. The number of benzene rings is 1. The molecule has 7 nitrogen and oxygen atoms in total. The van der Waals surface area contributed by atoms with Crippen LogP contribution in [0.1, 0.15) is 6.92 Å². The quantitative estimate of drug-likeness (QED) is 0.901. The Morgan fingerprint density at radius 3 is 2.38 bits per heavy atom. The molecule has 3 rings (SSSR count). The summed E-state index contributed by atoms with van der Waals surface area (Å²) in [6.45, 7) is 7.23. The van der Waals surface area contributed by atoms with Crippen LogP contribution in [0.2, 0.25) is 0 Å². The van der Waals surface area contributed by atoms with Crippen molar-refractivity contribution in [2.75, 3.05) is 48.3 Å². The summed E-state index contributed by atoms with van der Waals surface area (Å²) in [5.41, 5.74) is 0.730. The molecule has 1 saturated heterocycles. The second kappa shape index (κ2) is 7.74.